The van der Waals surface area contributed by atoms with E-state index in [0.29, 0.717) is 23.7 Å². The van der Waals surface area contributed by atoms with Crippen LogP contribution in [0.25, 0.3) is 22.2 Å². The van der Waals surface area contributed by atoms with Crippen LogP contribution in [0.3, 0.4) is 0 Å². The Morgan fingerprint density at radius 1 is 0.986 bits per heavy atom. The van der Waals surface area contributed by atoms with E-state index in [1.54, 1.807) is 81.2 Å². The average Bonchev–Trinajstić information content (AvgIpc) is 3.86. The molecular weight excluding hydrogens is 934 g/mol. The predicted octanol–water partition coefficient (Wildman–Crippen LogP) is 11.3. The highest BCUT2D eigenvalue weighted by atomic mass is 35.5. The van der Waals surface area contributed by atoms with Gasteiger partial charge in [-0.3, -0.25) is 5.32 Å². The molecule has 4 aliphatic rings. The number of fused-ring (bicyclic) bond motifs is 1. The third-order valence-corrected chi connectivity index (χ3v) is 13.1. The van der Waals surface area contributed by atoms with Crippen LogP contribution in [-0.2, 0) is 28.7 Å². The van der Waals surface area contributed by atoms with Gasteiger partial charge in [0.05, 0.1) is 73.4 Å². The first-order chi connectivity index (χ1) is 33.3. The molecule has 1 saturated carbocycles. The lowest BCUT2D eigenvalue weighted by atomic mass is 9.71. The van der Waals surface area contributed by atoms with Crippen molar-refractivity contribution in [1.29, 1.82) is 0 Å². The molecule has 368 valence electrons. The van der Waals surface area contributed by atoms with Crippen LogP contribution in [0.2, 0.25) is 5.02 Å². The molecule has 1 amide bonds. The lowest BCUT2D eigenvalue weighted by Gasteiger charge is -2.34. The number of amides is 1. The number of nitrogens with one attached hydrogen (secondary N) is 1. The van der Waals surface area contributed by atoms with Crippen molar-refractivity contribution >= 4 is 46.1 Å². The van der Waals surface area contributed by atoms with E-state index in [9.17, 15) is 4.79 Å². The molecule has 0 unspecified atom stereocenters. The number of aromatic nitrogens is 4. The predicted molar refractivity (Wildman–Crippen MR) is 256 cm³/mol. The van der Waals surface area contributed by atoms with Crippen LogP contribution in [0.1, 0.15) is 74.4 Å². The lowest BCUT2D eigenvalue weighted by Crippen LogP contribution is -2.38. The second kappa shape index (κ2) is 18.9. The maximum absolute atomic E-state index is 18.1. The van der Waals surface area contributed by atoms with Gasteiger partial charge in [-0.05, 0) is 101 Å². The SMILES string of the molecule is COc1ccc(CN(Cc2ccc(OC)cc2)c2cc(C)c(C(F)(F)F)c(-c3c(Cl)c4c5c(nc(OCC67COC(C6)C7)nc5c3F)N([C@H](C)c3cccnc3NC(=O)OC(C)(C)C)CCO4)n2)cc1. The first-order valence-corrected chi connectivity index (χ1v) is 23.1. The zero-order valence-electron chi connectivity index (χ0n) is 39.7. The molecule has 2 bridgehead atoms. The van der Waals surface area contributed by atoms with Gasteiger partial charge in [0, 0.05) is 30.3 Å². The zero-order valence-corrected chi connectivity index (χ0v) is 40.4. The minimum absolute atomic E-state index is 0.00151. The van der Waals surface area contributed by atoms with Gasteiger partial charge in [0.2, 0.25) is 0 Å². The second-order valence-corrected chi connectivity index (χ2v) is 19.3. The minimum atomic E-state index is -5.02. The van der Waals surface area contributed by atoms with E-state index < -0.39 is 57.1 Å². The molecule has 3 aromatic heterocycles. The van der Waals surface area contributed by atoms with Gasteiger partial charge in [-0.2, -0.15) is 23.1 Å². The van der Waals surface area contributed by atoms with Crippen molar-refractivity contribution in [1.82, 2.24) is 19.9 Å². The number of anilines is 3. The number of ether oxygens (including phenoxy) is 6. The monoisotopic (exact) mass is 985 g/mol. The molecule has 10 rings (SSSR count). The Hall–Kier alpha value is -6.66. The van der Waals surface area contributed by atoms with Crippen LogP contribution in [0.15, 0.2) is 72.9 Å². The molecule has 6 heterocycles. The maximum Gasteiger partial charge on any atom is 0.418 e. The molecule has 3 fully saturated rings. The number of hydrogen-bond donors (Lipinski definition) is 1. The number of methoxy groups -OCH3 is 2. The summed E-state index contributed by atoms with van der Waals surface area (Å²) < 4.78 is 99.4. The summed E-state index contributed by atoms with van der Waals surface area (Å²) in [4.78, 5) is 35.2. The fraction of sp³-hybridized carbons (Fsp3) is 0.392. The van der Waals surface area contributed by atoms with E-state index in [0.717, 1.165) is 24.0 Å². The van der Waals surface area contributed by atoms with Crippen LogP contribution in [-0.4, -0.2) is 78.3 Å². The molecule has 70 heavy (non-hydrogen) atoms. The number of pyridine rings is 2. The van der Waals surface area contributed by atoms with Gasteiger partial charge in [-0.25, -0.2) is 19.2 Å². The van der Waals surface area contributed by atoms with Crippen molar-refractivity contribution in [3.63, 3.8) is 0 Å². The van der Waals surface area contributed by atoms with Crippen LogP contribution in [0, 0.1) is 18.2 Å². The number of nitrogens with zero attached hydrogens (tertiary/aromatic N) is 6. The molecule has 0 radical (unpaired) electrons. The molecule has 6 aromatic rings. The lowest BCUT2D eigenvalue weighted by molar-refractivity contribution is -0.137. The summed E-state index contributed by atoms with van der Waals surface area (Å²) >= 11 is 7.22. The van der Waals surface area contributed by atoms with Gasteiger partial charge >= 0.3 is 18.3 Å². The van der Waals surface area contributed by atoms with Crippen LogP contribution >= 0.6 is 11.6 Å². The number of rotatable bonds is 14. The van der Waals surface area contributed by atoms with Crippen molar-refractivity contribution in [3.8, 4) is 34.5 Å². The van der Waals surface area contributed by atoms with Crippen LogP contribution in [0.4, 0.5) is 39.8 Å². The number of hydrogen-bond acceptors (Lipinski definition) is 13. The van der Waals surface area contributed by atoms with Crippen molar-refractivity contribution in [2.45, 2.75) is 84.5 Å². The summed E-state index contributed by atoms with van der Waals surface area (Å²) in [6, 6.07) is 18.5. The van der Waals surface area contributed by atoms with Gasteiger partial charge in [-0.15, -0.1) is 0 Å². The molecular formula is C51H52ClF4N7O7. The van der Waals surface area contributed by atoms with Gasteiger partial charge in [0.1, 0.15) is 46.7 Å². The summed E-state index contributed by atoms with van der Waals surface area (Å²) in [6.45, 7) is 9.40. The standard InChI is InChI=1S/C51H52ClF4N7O7/c1-28-21-36(62(24-30-10-14-32(65-6)15-11-30)25-31-12-16-33(66-7)17-13-31)58-42(39(28)51(54,55)56)37-40(52)44-38-43(41(37)53)59-47(69-27-50-22-34(23-50)68-26-50)61-46(38)63(19-20-67-44)29(2)35-9-8-18-57-45(35)60-48(64)70-49(3,4)5/h8-18,21,29,34H,19-20,22-27H2,1-7H3,(H,57,60,64)/t29-,34?,50?/m1/s1. The third-order valence-electron chi connectivity index (χ3n) is 12.7. The highest BCUT2D eigenvalue weighted by Gasteiger charge is 2.52. The smallest absolute Gasteiger partial charge is 0.418 e. The number of alkyl halides is 3. The van der Waals surface area contributed by atoms with Crippen LogP contribution < -0.4 is 34.1 Å². The van der Waals surface area contributed by atoms with E-state index in [1.807, 2.05) is 31.2 Å². The van der Waals surface area contributed by atoms with Crippen molar-refractivity contribution < 1.29 is 50.8 Å². The van der Waals surface area contributed by atoms with Gasteiger partial charge in [-0.1, -0.05) is 41.9 Å². The van der Waals surface area contributed by atoms with E-state index in [4.69, 9.17) is 45.0 Å². The van der Waals surface area contributed by atoms with Gasteiger partial charge in [0.15, 0.2) is 11.6 Å². The maximum atomic E-state index is 18.1. The highest BCUT2D eigenvalue weighted by molar-refractivity contribution is 6.36. The molecule has 2 saturated heterocycles. The van der Waals surface area contributed by atoms with E-state index >= 15 is 17.6 Å². The van der Waals surface area contributed by atoms with E-state index in [1.165, 1.54) is 19.2 Å². The molecule has 3 aromatic carbocycles. The number of carbonyl (C=O) groups excluding carboxylic acids is 1. The number of carbonyl (C=O) groups is 1. The Kier molecular flexibility index (Phi) is 13.1. The quantitative estimate of drug-likeness (QED) is 0.104. The zero-order chi connectivity index (χ0) is 49.7. The summed E-state index contributed by atoms with van der Waals surface area (Å²) in [5.74, 6) is 0.360. The molecule has 1 aliphatic carbocycles. The highest BCUT2D eigenvalue weighted by Crippen LogP contribution is 2.53. The van der Waals surface area contributed by atoms with Crippen molar-refractivity contribution in [2.75, 3.05) is 55.7 Å². The van der Waals surface area contributed by atoms with E-state index in [-0.39, 0.29) is 84.5 Å². The van der Waals surface area contributed by atoms with E-state index in [2.05, 4.69) is 20.3 Å². The normalized spacial score (nSPS) is 17.8. The molecule has 19 heteroatoms. The third kappa shape index (κ3) is 9.75. The number of halogens is 5. The number of aryl methyl sites for hydroxylation is 1. The molecule has 0 spiro atoms. The fourth-order valence-electron chi connectivity index (χ4n) is 9.30. The Balaban J connectivity index is 1.21. The van der Waals surface area contributed by atoms with Gasteiger partial charge < -0.3 is 38.2 Å². The second-order valence-electron chi connectivity index (χ2n) is 18.9. The number of benzene rings is 3. The molecule has 3 aliphatic heterocycles. The fourth-order valence-corrected chi connectivity index (χ4v) is 9.62. The molecule has 14 nitrogen and oxygen atoms in total. The summed E-state index contributed by atoms with van der Waals surface area (Å²) in [7, 11) is 3.10. The minimum Gasteiger partial charge on any atom is -0.497 e. The van der Waals surface area contributed by atoms with Crippen molar-refractivity contribution in [2.24, 2.45) is 5.41 Å². The Bertz CT molecular complexity index is 2880. The Labute approximate surface area is 407 Å². The Morgan fingerprint density at radius 2 is 1.64 bits per heavy atom. The summed E-state index contributed by atoms with van der Waals surface area (Å²) in [5.41, 5.74) is -2.16. The molecule has 1 atom stereocenters. The average molecular weight is 986 g/mol. The molecule has 1 N–H and O–H groups in total. The summed E-state index contributed by atoms with van der Waals surface area (Å²) in [5, 5.41) is 2.28. The van der Waals surface area contributed by atoms with Gasteiger partial charge in [0.25, 0.3) is 0 Å². The first kappa shape index (κ1) is 48.4. The van der Waals surface area contributed by atoms with Crippen LogP contribution in [0.5, 0.6) is 23.3 Å². The summed E-state index contributed by atoms with van der Waals surface area (Å²) in [6.07, 6.45) is -2.56. The van der Waals surface area contributed by atoms with Crippen molar-refractivity contribution in [3.05, 3.63) is 112 Å². The topological polar surface area (TPSA) is 143 Å². The largest absolute Gasteiger partial charge is 0.497 e. The Morgan fingerprint density at radius 3 is 2.23 bits per heavy atom. The first-order valence-electron chi connectivity index (χ1n) is 22.7.